The van der Waals surface area contributed by atoms with E-state index in [1.165, 1.54) is 43.6 Å². The lowest BCUT2D eigenvalue weighted by Crippen LogP contribution is -2.48. The lowest BCUT2D eigenvalue weighted by molar-refractivity contribution is -0.131. The molecular formula is C17H28N4OS. The smallest absolute Gasteiger partial charge is 0.222 e. The van der Waals surface area contributed by atoms with E-state index in [0.717, 1.165) is 62.3 Å². The zero-order chi connectivity index (χ0) is 16.1. The quantitative estimate of drug-likeness (QED) is 0.829. The average molecular weight is 337 g/mol. The second-order valence-corrected chi connectivity index (χ2v) is 7.49. The first-order valence-electron chi connectivity index (χ1n) is 9.11. The minimum Gasteiger partial charge on any atom is -0.343 e. The Hall–Kier alpha value is -1.17. The minimum absolute atomic E-state index is 0.349. The summed E-state index contributed by atoms with van der Waals surface area (Å²) in [6.07, 6.45) is 9.49. The maximum atomic E-state index is 12.4. The number of aromatic nitrogens is 2. The molecule has 0 atom stereocenters. The summed E-state index contributed by atoms with van der Waals surface area (Å²) in [4.78, 5) is 21.3. The van der Waals surface area contributed by atoms with Gasteiger partial charge < -0.3 is 9.80 Å². The normalized spacial score (nSPS) is 20.0. The number of piperazine rings is 1. The van der Waals surface area contributed by atoms with Gasteiger partial charge in [-0.15, -0.1) is 0 Å². The summed E-state index contributed by atoms with van der Waals surface area (Å²) >= 11 is 1.48. The summed E-state index contributed by atoms with van der Waals surface area (Å²) < 4.78 is 4.35. The van der Waals surface area contributed by atoms with Crippen molar-refractivity contribution in [1.29, 1.82) is 0 Å². The number of aryl methyl sites for hydroxylation is 1. The Bertz CT molecular complexity index is 504. The molecule has 1 saturated heterocycles. The topological polar surface area (TPSA) is 49.3 Å². The van der Waals surface area contributed by atoms with Gasteiger partial charge in [-0.25, -0.2) is 4.98 Å². The highest BCUT2D eigenvalue weighted by atomic mass is 32.1. The van der Waals surface area contributed by atoms with Crippen molar-refractivity contribution in [1.82, 2.24) is 14.3 Å². The Labute approximate surface area is 143 Å². The third kappa shape index (κ3) is 4.43. The van der Waals surface area contributed by atoms with Crippen molar-refractivity contribution in [2.45, 2.75) is 58.3 Å². The summed E-state index contributed by atoms with van der Waals surface area (Å²) in [6.45, 7) is 5.49. The predicted octanol–water partition coefficient (Wildman–Crippen LogP) is 3.11. The molecule has 1 aromatic heterocycles. The summed E-state index contributed by atoms with van der Waals surface area (Å²) in [5.41, 5.74) is 0. The van der Waals surface area contributed by atoms with E-state index in [0.29, 0.717) is 5.91 Å². The van der Waals surface area contributed by atoms with Crippen molar-refractivity contribution in [2.75, 3.05) is 31.1 Å². The van der Waals surface area contributed by atoms with E-state index in [2.05, 4.69) is 21.2 Å². The molecule has 1 aliphatic carbocycles. The average Bonchev–Trinajstić information content (AvgIpc) is 3.10. The molecule has 1 aromatic rings. The van der Waals surface area contributed by atoms with Crippen LogP contribution < -0.4 is 4.90 Å². The van der Waals surface area contributed by atoms with E-state index in [9.17, 15) is 4.79 Å². The van der Waals surface area contributed by atoms with E-state index >= 15 is 0 Å². The van der Waals surface area contributed by atoms with Crippen LogP contribution in [-0.2, 0) is 11.2 Å². The Kier molecular flexibility index (Phi) is 5.86. The maximum Gasteiger partial charge on any atom is 0.222 e. The van der Waals surface area contributed by atoms with Crippen LogP contribution in [0.25, 0.3) is 0 Å². The van der Waals surface area contributed by atoms with Gasteiger partial charge in [-0.3, -0.25) is 4.79 Å². The van der Waals surface area contributed by atoms with Crippen molar-refractivity contribution in [3.05, 3.63) is 5.82 Å². The van der Waals surface area contributed by atoms with Gasteiger partial charge in [0.05, 0.1) is 0 Å². The minimum atomic E-state index is 0.349. The Morgan fingerprint density at radius 3 is 2.57 bits per heavy atom. The van der Waals surface area contributed by atoms with Crippen LogP contribution in [0.5, 0.6) is 0 Å². The second-order valence-electron chi connectivity index (χ2n) is 6.76. The second kappa shape index (κ2) is 8.08. The van der Waals surface area contributed by atoms with E-state index in [4.69, 9.17) is 0 Å². The molecule has 0 spiro atoms. The largest absolute Gasteiger partial charge is 0.343 e. The highest BCUT2D eigenvalue weighted by molar-refractivity contribution is 7.09. The Morgan fingerprint density at radius 2 is 1.91 bits per heavy atom. The van der Waals surface area contributed by atoms with E-state index in [-0.39, 0.29) is 0 Å². The van der Waals surface area contributed by atoms with Crippen LogP contribution in [-0.4, -0.2) is 46.3 Å². The number of hydrogen-bond acceptors (Lipinski definition) is 5. The molecule has 0 unspecified atom stereocenters. The lowest BCUT2D eigenvalue weighted by atomic mass is 9.86. The highest BCUT2D eigenvalue weighted by Crippen LogP contribution is 2.27. The van der Waals surface area contributed by atoms with Gasteiger partial charge in [0, 0.05) is 50.6 Å². The number of hydrogen-bond donors (Lipinski definition) is 0. The number of rotatable bonds is 5. The molecule has 23 heavy (non-hydrogen) atoms. The van der Waals surface area contributed by atoms with Gasteiger partial charge in [-0.2, -0.15) is 4.37 Å². The molecule has 0 N–H and O–H groups in total. The van der Waals surface area contributed by atoms with Gasteiger partial charge in [0.15, 0.2) is 0 Å². The van der Waals surface area contributed by atoms with Gasteiger partial charge in [0.2, 0.25) is 11.0 Å². The molecule has 1 aliphatic heterocycles. The van der Waals surface area contributed by atoms with Crippen LogP contribution in [0.4, 0.5) is 5.13 Å². The Morgan fingerprint density at radius 1 is 1.17 bits per heavy atom. The van der Waals surface area contributed by atoms with Crippen molar-refractivity contribution in [2.24, 2.45) is 5.92 Å². The van der Waals surface area contributed by atoms with Gasteiger partial charge in [0.1, 0.15) is 5.82 Å². The van der Waals surface area contributed by atoms with Crippen LogP contribution in [0.3, 0.4) is 0 Å². The van der Waals surface area contributed by atoms with Gasteiger partial charge >= 0.3 is 0 Å². The molecule has 0 bridgehead atoms. The van der Waals surface area contributed by atoms with Gasteiger partial charge in [-0.1, -0.05) is 39.0 Å². The van der Waals surface area contributed by atoms with Gasteiger partial charge in [0.25, 0.3) is 0 Å². The third-order valence-electron chi connectivity index (χ3n) is 5.17. The molecule has 128 valence electrons. The highest BCUT2D eigenvalue weighted by Gasteiger charge is 2.24. The zero-order valence-electron chi connectivity index (χ0n) is 14.2. The van der Waals surface area contributed by atoms with Gasteiger partial charge in [-0.05, 0) is 12.3 Å². The molecular weight excluding hydrogens is 308 g/mol. The number of amides is 1. The monoisotopic (exact) mass is 336 g/mol. The van der Waals surface area contributed by atoms with Crippen molar-refractivity contribution < 1.29 is 4.79 Å². The van der Waals surface area contributed by atoms with Crippen LogP contribution in [0, 0.1) is 5.92 Å². The predicted molar refractivity (Wildman–Crippen MR) is 93.9 cm³/mol. The van der Waals surface area contributed by atoms with Crippen molar-refractivity contribution in [3.8, 4) is 0 Å². The van der Waals surface area contributed by atoms with E-state index in [1.807, 2.05) is 4.90 Å². The third-order valence-corrected chi connectivity index (χ3v) is 5.98. The standard InChI is InChI=1S/C17H28N4OS/c1-2-15-18-17(23-19-15)21-12-10-20(11-13-21)16(22)9-8-14-6-4-3-5-7-14/h14H,2-13H2,1H3. The fourth-order valence-corrected chi connectivity index (χ4v) is 4.43. The SMILES string of the molecule is CCc1nsc(N2CCN(C(=O)CCC3CCCCC3)CC2)n1. The molecule has 1 amide bonds. The van der Waals surface area contributed by atoms with E-state index < -0.39 is 0 Å². The molecule has 1 saturated carbocycles. The summed E-state index contributed by atoms with van der Waals surface area (Å²) in [7, 11) is 0. The Balaban J connectivity index is 1.41. The molecule has 2 fully saturated rings. The van der Waals surface area contributed by atoms with E-state index in [1.54, 1.807) is 0 Å². The molecule has 6 heteroatoms. The maximum absolute atomic E-state index is 12.4. The molecule has 0 radical (unpaired) electrons. The van der Waals surface area contributed by atoms with Crippen molar-refractivity contribution in [3.63, 3.8) is 0 Å². The molecule has 2 heterocycles. The van der Waals surface area contributed by atoms with Crippen LogP contribution >= 0.6 is 11.5 Å². The summed E-state index contributed by atoms with van der Waals surface area (Å²) in [5, 5.41) is 1.01. The fourth-order valence-electron chi connectivity index (χ4n) is 3.63. The molecule has 3 rings (SSSR count). The summed E-state index contributed by atoms with van der Waals surface area (Å²) in [6, 6.07) is 0. The molecule has 0 aromatic carbocycles. The number of carbonyl (C=O) groups excluding carboxylic acids is 1. The first kappa shape index (κ1) is 16.7. The zero-order valence-corrected chi connectivity index (χ0v) is 15.0. The molecule has 5 nitrogen and oxygen atoms in total. The first-order chi connectivity index (χ1) is 11.3. The number of carbonyl (C=O) groups is 1. The fraction of sp³-hybridized carbons (Fsp3) is 0.824. The summed E-state index contributed by atoms with van der Waals surface area (Å²) in [5.74, 6) is 2.07. The number of anilines is 1. The van der Waals surface area contributed by atoms with Crippen molar-refractivity contribution >= 4 is 22.6 Å². The lowest BCUT2D eigenvalue weighted by Gasteiger charge is -2.34. The molecule has 2 aliphatic rings. The van der Waals surface area contributed by atoms with Crippen LogP contribution in [0.15, 0.2) is 0 Å². The number of nitrogens with zero attached hydrogens (tertiary/aromatic N) is 4. The first-order valence-corrected chi connectivity index (χ1v) is 9.89. The van der Waals surface area contributed by atoms with Crippen LogP contribution in [0.1, 0.15) is 57.7 Å². The van der Waals surface area contributed by atoms with Crippen LogP contribution in [0.2, 0.25) is 0 Å².